The van der Waals surface area contributed by atoms with Crippen LogP contribution in [0.1, 0.15) is 62.1 Å². The largest absolute Gasteiger partial charge is 0.397 e. The molecule has 21 heteroatoms. The van der Waals surface area contributed by atoms with Crippen molar-refractivity contribution in [3.63, 3.8) is 0 Å². The number of nitrogens with one attached hydrogen (secondary N) is 2. The lowest BCUT2D eigenvalue weighted by molar-refractivity contribution is -0.240. The summed E-state index contributed by atoms with van der Waals surface area (Å²) in [6.45, 7) is 2.50. The molecule has 0 unspecified atom stereocenters. The number of sulfone groups is 1. The lowest BCUT2D eigenvalue weighted by Crippen LogP contribution is -2.65. The van der Waals surface area contributed by atoms with Gasteiger partial charge in [0.25, 0.3) is 0 Å². The Bertz CT molecular complexity index is 2260. The average Bonchev–Trinajstić information content (AvgIpc) is 3.23. The van der Waals surface area contributed by atoms with Gasteiger partial charge in [0.1, 0.15) is 24.4 Å². The van der Waals surface area contributed by atoms with Crippen LogP contribution in [0.15, 0.2) is 77.7 Å². The van der Waals surface area contributed by atoms with Gasteiger partial charge in [-0.3, -0.25) is 9.11 Å². The van der Waals surface area contributed by atoms with Gasteiger partial charge in [-0.15, -0.1) is 0 Å². The maximum atomic E-state index is 14.1. The molecule has 6 N–H and O–H groups in total. The van der Waals surface area contributed by atoms with Crippen LogP contribution < -0.4 is 15.5 Å². The zero-order valence-electron chi connectivity index (χ0n) is 32.9. The molecular weight excluding hydrogens is 835 g/mol. The summed E-state index contributed by atoms with van der Waals surface area (Å²) < 4.78 is 114. The summed E-state index contributed by atoms with van der Waals surface area (Å²) >= 11 is 0. The first kappa shape index (κ1) is 46.3. The van der Waals surface area contributed by atoms with E-state index in [1.807, 2.05) is 32.8 Å². The summed E-state index contributed by atoms with van der Waals surface area (Å²) in [5.41, 5.74) is 1.35. The summed E-state index contributed by atoms with van der Waals surface area (Å²) in [5.74, 6) is -1.10. The van der Waals surface area contributed by atoms with E-state index in [1.54, 1.807) is 66.7 Å². The van der Waals surface area contributed by atoms with Crippen LogP contribution in [0.2, 0.25) is 0 Å². The molecule has 2 aliphatic heterocycles. The summed E-state index contributed by atoms with van der Waals surface area (Å²) in [6.07, 6.45) is -8.01. The molecule has 59 heavy (non-hydrogen) atoms. The van der Waals surface area contributed by atoms with Crippen LogP contribution in [0.5, 0.6) is 0 Å². The lowest BCUT2D eigenvalue weighted by atomic mass is 9.69. The second kappa shape index (κ2) is 18.9. The lowest BCUT2D eigenvalue weighted by Gasteiger charge is -2.43. The Morgan fingerprint density at radius 3 is 2.29 bits per heavy atom. The van der Waals surface area contributed by atoms with Gasteiger partial charge in [0.15, 0.2) is 16.1 Å². The number of nitrogens with zero attached hydrogens (tertiary/aromatic N) is 1. The number of fused-ring (bicyclic) bond motifs is 1. The second-order valence-electron chi connectivity index (χ2n) is 14.9. The fourth-order valence-electron chi connectivity index (χ4n) is 7.66. The molecule has 2 heterocycles. The van der Waals surface area contributed by atoms with Crippen LogP contribution >= 0.6 is 0 Å². The molecule has 0 bridgehead atoms. The van der Waals surface area contributed by atoms with Crippen molar-refractivity contribution in [1.29, 1.82) is 0 Å². The first-order valence-electron chi connectivity index (χ1n) is 18.8. The van der Waals surface area contributed by atoms with Gasteiger partial charge in [-0.2, -0.15) is 16.8 Å². The molecule has 0 saturated carbocycles. The van der Waals surface area contributed by atoms with Crippen LogP contribution in [0.4, 0.5) is 16.2 Å². The van der Waals surface area contributed by atoms with Crippen molar-refractivity contribution in [3.05, 3.63) is 89.5 Å². The zero-order chi connectivity index (χ0) is 43.3. The van der Waals surface area contributed by atoms with Crippen LogP contribution in [-0.2, 0) is 55.1 Å². The molecular formula is C38H51N3O15S3. The van der Waals surface area contributed by atoms with Gasteiger partial charge < -0.3 is 35.2 Å². The molecule has 2 amide bonds. The second-order valence-corrected chi connectivity index (χ2v) is 19.0. The monoisotopic (exact) mass is 885 g/mol. The highest BCUT2D eigenvalue weighted by atomic mass is 32.3. The standard InChI is InChI=1S/C38H51N3O15S3/c1-5-7-18-38(6-2)23-57(45,46)30-17-16-27(41(3)4)20-28(30)31(35(38)43)25-14-11-15-26(19-25)39-37(44)40-36-32(42)34(53-21-24-12-9-8-10-13-24)33(56-59(50,51)52)29(55-36)22-54-58(47,48)49/h8-17,19-20,29,31-36,42-43H,5-7,18,21-23H2,1-4H3,(H2,39,40,44)(H,47,48,49)(H,50,51,52)/t29-,31+,32-,33-,34-,35+,36-,38-/m1/s1. The highest BCUT2D eigenvalue weighted by Crippen LogP contribution is 2.49. The highest BCUT2D eigenvalue weighted by molar-refractivity contribution is 7.91. The Balaban J connectivity index is 1.47. The number of benzene rings is 3. The molecule has 0 aromatic heterocycles. The van der Waals surface area contributed by atoms with Gasteiger partial charge >= 0.3 is 26.8 Å². The quantitative estimate of drug-likeness (QED) is 0.113. The number of hydrogen-bond acceptors (Lipinski definition) is 14. The van der Waals surface area contributed by atoms with Crippen LogP contribution in [-0.4, -0.2) is 114 Å². The highest BCUT2D eigenvalue weighted by Gasteiger charge is 2.51. The third-order valence-corrected chi connectivity index (χ3v) is 13.6. The topological polar surface area (TPSA) is 265 Å². The molecule has 8 atom stereocenters. The SMILES string of the molecule is CCCC[C@]1(CC)CS(=O)(=O)c2ccc(N(C)C)cc2[C@H](c2cccc(NC(=O)N[C@@H]3O[C@H](COS(=O)(=O)O)[C@@H](OS(=O)(=O)O)[C@H](OCc4ccccc4)[C@H]3O)c2)[C@@H]1O. The summed E-state index contributed by atoms with van der Waals surface area (Å²) in [5, 5.41) is 28.8. The summed E-state index contributed by atoms with van der Waals surface area (Å²) in [4.78, 5) is 15.5. The van der Waals surface area contributed by atoms with Crippen molar-refractivity contribution in [2.24, 2.45) is 5.41 Å². The summed E-state index contributed by atoms with van der Waals surface area (Å²) in [6, 6.07) is 18.9. The number of anilines is 2. The maximum Gasteiger partial charge on any atom is 0.397 e. The average molecular weight is 886 g/mol. The van der Waals surface area contributed by atoms with Gasteiger partial charge in [-0.25, -0.2) is 21.6 Å². The molecule has 2 aliphatic rings. The maximum absolute atomic E-state index is 14.1. The van der Waals surface area contributed by atoms with E-state index in [0.29, 0.717) is 41.6 Å². The predicted octanol–water partition coefficient (Wildman–Crippen LogP) is 3.42. The molecule has 326 valence electrons. The van der Waals surface area contributed by atoms with E-state index in [1.165, 1.54) is 6.07 Å². The number of carbonyl (C=O) groups excluding carboxylic acids is 1. The molecule has 1 fully saturated rings. The third-order valence-electron chi connectivity index (χ3n) is 10.7. The number of aliphatic hydroxyl groups is 2. The van der Waals surface area contributed by atoms with Gasteiger partial charge in [-0.1, -0.05) is 69.2 Å². The van der Waals surface area contributed by atoms with E-state index in [9.17, 15) is 49.4 Å². The van der Waals surface area contributed by atoms with Crippen molar-refractivity contribution < 1.29 is 67.2 Å². The Labute approximate surface area is 344 Å². The van der Waals surface area contributed by atoms with Crippen molar-refractivity contribution in [1.82, 2.24) is 5.32 Å². The van der Waals surface area contributed by atoms with E-state index in [0.717, 1.165) is 6.42 Å². The Morgan fingerprint density at radius 2 is 1.66 bits per heavy atom. The normalized spacial score (nSPS) is 26.9. The Morgan fingerprint density at radius 1 is 0.949 bits per heavy atom. The van der Waals surface area contributed by atoms with E-state index in [-0.39, 0.29) is 22.9 Å². The predicted molar refractivity (Wildman–Crippen MR) is 215 cm³/mol. The third kappa shape index (κ3) is 11.6. The van der Waals surface area contributed by atoms with E-state index in [2.05, 4.69) is 14.8 Å². The molecule has 3 aromatic carbocycles. The van der Waals surface area contributed by atoms with Gasteiger partial charge in [0.05, 0.1) is 30.0 Å². The molecule has 1 saturated heterocycles. The van der Waals surface area contributed by atoms with Crippen molar-refractivity contribution in [2.45, 2.75) is 93.7 Å². The Kier molecular flexibility index (Phi) is 14.8. The number of urea groups is 1. The van der Waals surface area contributed by atoms with Crippen molar-refractivity contribution in [2.75, 3.05) is 36.7 Å². The minimum absolute atomic E-state index is 0.103. The van der Waals surface area contributed by atoms with E-state index < -0.39 is 91.4 Å². The Hall–Kier alpha value is -3.74. The molecule has 3 aromatic rings. The number of hydrogen-bond donors (Lipinski definition) is 6. The number of rotatable bonds is 16. The smallest absolute Gasteiger partial charge is 0.392 e. The molecule has 0 aliphatic carbocycles. The minimum atomic E-state index is -5.29. The van der Waals surface area contributed by atoms with Gasteiger partial charge in [0, 0.05) is 36.8 Å². The van der Waals surface area contributed by atoms with Crippen LogP contribution in [0, 0.1) is 5.41 Å². The van der Waals surface area contributed by atoms with Crippen LogP contribution in [0.3, 0.4) is 0 Å². The number of carbonyl (C=O) groups is 1. The van der Waals surface area contributed by atoms with Crippen molar-refractivity contribution >= 4 is 48.0 Å². The molecule has 0 radical (unpaired) electrons. The van der Waals surface area contributed by atoms with Crippen LogP contribution in [0.25, 0.3) is 0 Å². The first-order chi connectivity index (χ1) is 27.7. The summed E-state index contributed by atoms with van der Waals surface area (Å²) in [7, 11) is -10.7. The van der Waals surface area contributed by atoms with Crippen molar-refractivity contribution in [3.8, 4) is 0 Å². The fourth-order valence-corrected chi connectivity index (χ4v) is 10.7. The van der Waals surface area contributed by atoms with E-state index in [4.69, 9.17) is 13.7 Å². The minimum Gasteiger partial charge on any atom is -0.392 e. The van der Waals surface area contributed by atoms with Gasteiger partial charge in [0.2, 0.25) is 0 Å². The fraction of sp³-hybridized carbons (Fsp3) is 0.500. The zero-order valence-corrected chi connectivity index (χ0v) is 35.3. The number of unbranched alkanes of at least 4 members (excludes halogenated alkanes) is 1. The number of aliphatic hydroxyl groups excluding tert-OH is 2. The van der Waals surface area contributed by atoms with Gasteiger partial charge in [-0.05, 0) is 59.9 Å². The molecule has 0 spiro atoms. The number of ether oxygens (including phenoxy) is 2. The number of amides is 2. The molecule has 5 rings (SSSR count). The first-order valence-corrected chi connectivity index (χ1v) is 23.2. The van der Waals surface area contributed by atoms with E-state index >= 15 is 0 Å². The molecule has 18 nitrogen and oxygen atoms in total.